The molecule has 0 bridgehead atoms. The van der Waals surface area contributed by atoms with Gasteiger partial charge in [0.25, 0.3) is 11.8 Å². The summed E-state index contributed by atoms with van der Waals surface area (Å²) in [5, 5.41) is 6.02. The standard InChI is InChI=1S/C26H33ClN4O3S/c1-25(2,29-22(32)19-8-9-21(27)35-19)24(34)28-20-10-11-26(20)12-14-31(15-13-26)23(33)17-6-5-7-18(16-17)30(3)4/h5-9,16,20H,10-15H2,1-4H3,(H,28,34)(H,29,32). The third-order valence-corrected chi connectivity index (χ3v) is 8.65. The summed E-state index contributed by atoms with van der Waals surface area (Å²) in [6.45, 7) is 4.78. The van der Waals surface area contributed by atoms with Crippen LogP contribution < -0.4 is 15.5 Å². The van der Waals surface area contributed by atoms with Crippen molar-refractivity contribution in [3.05, 3.63) is 51.2 Å². The summed E-state index contributed by atoms with van der Waals surface area (Å²) < 4.78 is 0.532. The largest absolute Gasteiger partial charge is 0.378 e. The topological polar surface area (TPSA) is 81.8 Å². The normalized spacial score (nSPS) is 19.1. The molecule has 7 nitrogen and oxygen atoms in total. The number of nitrogens with one attached hydrogen (secondary N) is 2. The number of piperidine rings is 1. The summed E-state index contributed by atoms with van der Waals surface area (Å²) in [6.07, 6.45) is 3.67. The maximum absolute atomic E-state index is 13.1. The molecule has 2 heterocycles. The van der Waals surface area contributed by atoms with E-state index < -0.39 is 5.54 Å². The van der Waals surface area contributed by atoms with Gasteiger partial charge in [0.05, 0.1) is 9.21 Å². The Morgan fingerprint density at radius 2 is 1.83 bits per heavy atom. The summed E-state index contributed by atoms with van der Waals surface area (Å²) in [6, 6.07) is 11.1. The van der Waals surface area contributed by atoms with Gasteiger partial charge in [-0.15, -0.1) is 11.3 Å². The lowest BCUT2D eigenvalue weighted by atomic mass is 9.59. The quantitative estimate of drug-likeness (QED) is 0.603. The zero-order valence-corrected chi connectivity index (χ0v) is 22.3. The van der Waals surface area contributed by atoms with Crippen molar-refractivity contribution in [2.75, 3.05) is 32.1 Å². The van der Waals surface area contributed by atoms with Crippen molar-refractivity contribution in [1.29, 1.82) is 0 Å². The molecule has 1 saturated heterocycles. The molecular weight excluding hydrogens is 484 g/mol. The molecule has 1 unspecified atom stereocenters. The monoisotopic (exact) mass is 516 g/mol. The second kappa shape index (κ2) is 9.82. The van der Waals surface area contributed by atoms with Gasteiger partial charge in [-0.05, 0) is 75.3 Å². The van der Waals surface area contributed by atoms with Gasteiger partial charge >= 0.3 is 0 Å². The third kappa shape index (κ3) is 5.33. The molecule has 188 valence electrons. The van der Waals surface area contributed by atoms with Crippen LogP contribution in [-0.4, -0.2) is 61.4 Å². The van der Waals surface area contributed by atoms with Crippen LogP contribution in [-0.2, 0) is 4.79 Å². The number of likely N-dealkylation sites (tertiary alicyclic amines) is 1. The van der Waals surface area contributed by atoms with E-state index in [1.807, 2.05) is 48.2 Å². The van der Waals surface area contributed by atoms with Crippen molar-refractivity contribution in [3.63, 3.8) is 0 Å². The van der Waals surface area contributed by atoms with Crippen LogP contribution in [0.25, 0.3) is 0 Å². The van der Waals surface area contributed by atoms with Crippen molar-refractivity contribution in [2.24, 2.45) is 5.41 Å². The van der Waals surface area contributed by atoms with Crippen molar-refractivity contribution < 1.29 is 14.4 Å². The number of benzene rings is 1. The van der Waals surface area contributed by atoms with E-state index in [0.717, 1.165) is 31.4 Å². The first kappa shape index (κ1) is 25.5. The summed E-state index contributed by atoms with van der Waals surface area (Å²) >= 11 is 7.12. The van der Waals surface area contributed by atoms with E-state index in [1.165, 1.54) is 11.3 Å². The predicted molar refractivity (Wildman–Crippen MR) is 140 cm³/mol. The highest BCUT2D eigenvalue weighted by Gasteiger charge is 2.50. The van der Waals surface area contributed by atoms with Gasteiger partial charge in [0.1, 0.15) is 5.54 Å². The minimum atomic E-state index is -1.06. The number of hydrogen-bond donors (Lipinski definition) is 2. The van der Waals surface area contributed by atoms with Gasteiger partial charge in [0.15, 0.2) is 0 Å². The van der Waals surface area contributed by atoms with Crippen LogP contribution in [0.1, 0.15) is 59.6 Å². The van der Waals surface area contributed by atoms with Crippen molar-refractivity contribution in [1.82, 2.24) is 15.5 Å². The van der Waals surface area contributed by atoms with Gasteiger partial charge in [-0.1, -0.05) is 17.7 Å². The number of nitrogens with zero attached hydrogens (tertiary/aromatic N) is 2. The summed E-state index contributed by atoms with van der Waals surface area (Å²) in [5.41, 5.74) is 0.663. The van der Waals surface area contributed by atoms with Crippen LogP contribution in [0.2, 0.25) is 4.34 Å². The highest BCUT2D eigenvalue weighted by atomic mass is 35.5. The van der Waals surface area contributed by atoms with E-state index in [2.05, 4.69) is 10.6 Å². The molecule has 1 aromatic carbocycles. The van der Waals surface area contributed by atoms with Crippen LogP contribution in [0.3, 0.4) is 0 Å². The highest BCUT2D eigenvalue weighted by Crippen LogP contribution is 2.49. The van der Waals surface area contributed by atoms with E-state index in [0.29, 0.717) is 27.9 Å². The van der Waals surface area contributed by atoms with E-state index >= 15 is 0 Å². The highest BCUT2D eigenvalue weighted by molar-refractivity contribution is 7.18. The number of amides is 3. The van der Waals surface area contributed by atoms with Gasteiger partial charge in [0.2, 0.25) is 5.91 Å². The van der Waals surface area contributed by atoms with Crippen molar-refractivity contribution >= 4 is 46.3 Å². The maximum Gasteiger partial charge on any atom is 0.262 e. The molecule has 1 atom stereocenters. The molecule has 2 aromatic rings. The second-order valence-electron chi connectivity index (χ2n) is 10.3. The lowest BCUT2D eigenvalue weighted by Crippen LogP contribution is -2.64. The molecule has 2 aliphatic rings. The second-order valence-corrected chi connectivity index (χ2v) is 12.1. The van der Waals surface area contributed by atoms with E-state index in [1.54, 1.807) is 26.0 Å². The average molecular weight is 517 g/mol. The van der Waals surface area contributed by atoms with Crippen molar-refractivity contribution in [3.8, 4) is 0 Å². The molecule has 1 aliphatic heterocycles. The number of halogens is 1. The number of hydrogen-bond acceptors (Lipinski definition) is 5. The van der Waals surface area contributed by atoms with Gasteiger partial charge in [0, 0.05) is 44.5 Å². The summed E-state index contributed by atoms with van der Waals surface area (Å²) in [4.78, 5) is 43.1. The van der Waals surface area contributed by atoms with Crippen LogP contribution in [0.4, 0.5) is 5.69 Å². The van der Waals surface area contributed by atoms with Crippen molar-refractivity contribution in [2.45, 2.75) is 51.1 Å². The number of rotatable bonds is 6. The Morgan fingerprint density at radius 3 is 2.40 bits per heavy atom. The molecule has 9 heteroatoms. The first-order valence-corrected chi connectivity index (χ1v) is 13.2. The predicted octanol–water partition coefficient (Wildman–Crippen LogP) is 4.18. The smallest absolute Gasteiger partial charge is 0.262 e. The molecule has 4 rings (SSSR count). The van der Waals surface area contributed by atoms with Crippen LogP contribution >= 0.6 is 22.9 Å². The molecule has 1 saturated carbocycles. The molecular formula is C26H33ClN4O3S. The van der Waals surface area contributed by atoms with Gasteiger partial charge in [-0.2, -0.15) is 0 Å². The number of carbonyl (C=O) groups is 3. The minimum absolute atomic E-state index is 0.0132. The third-order valence-electron chi connectivity index (χ3n) is 7.42. The molecule has 1 aromatic heterocycles. The molecule has 35 heavy (non-hydrogen) atoms. The first-order valence-electron chi connectivity index (χ1n) is 12.0. The Balaban J connectivity index is 1.33. The van der Waals surface area contributed by atoms with Gasteiger partial charge < -0.3 is 20.4 Å². The number of carbonyl (C=O) groups excluding carboxylic acids is 3. The van der Waals surface area contributed by atoms with Crippen LogP contribution in [0, 0.1) is 5.41 Å². The SMILES string of the molecule is CN(C)c1cccc(C(=O)N2CCC3(CCC3NC(=O)C(C)(C)NC(=O)c3ccc(Cl)s3)CC2)c1. The fraction of sp³-hybridized carbons (Fsp3) is 0.500. The Kier molecular flexibility index (Phi) is 7.16. The fourth-order valence-electron chi connectivity index (χ4n) is 4.95. The fourth-order valence-corrected chi connectivity index (χ4v) is 5.89. The lowest BCUT2D eigenvalue weighted by Gasteiger charge is -2.54. The first-order chi connectivity index (χ1) is 16.5. The molecule has 1 aliphatic carbocycles. The molecule has 2 N–H and O–H groups in total. The number of thiophene rings is 1. The molecule has 1 spiro atoms. The average Bonchev–Trinajstić information content (AvgIpc) is 3.27. The zero-order valence-electron chi connectivity index (χ0n) is 20.7. The molecule has 0 radical (unpaired) electrons. The van der Waals surface area contributed by atoms with Crippen LogP contribution in [0.15, 0.2) is 36.4 Å². The zero-order chi connectivity index (χ0) is 25.4. The van der Waals surface area contributed by atoms with E-state index in [-0.39, 0.29) is 29.2 Å². The maximum atomic E-state index is 13.1. The minimum Gasteiger partial charge on any atom is -0.378 e. The van der Waals surface area contributed by atoms with E-state index in [4.69, 9.17) is 11.6 Å². The van der Waals surface area contributed by atoms with Gasteiger partial charge in [-0.3, -0.25) is 14.4 Å². The Labute approximate surface area is 215 Å². The molecule has 2 fully saturated rings. The van der Waals surface area contributed by atoms with Crippen LogP contribution in [0.5, 0.6) is 0 Å². The Hall–Kier alpha value is -2.58. The Bertz CT molecular complexity index is 1120. The number of anilines is 1. The molecule has 3 amide bonds. The Morgan fingerprint density at radius 1 is 1.11 bits per heavy atom. The lowest BCUT2D eigenvalue weighted by molar-refractivity contribution is -0.130. The van der Waals surface area contributed by atoms with E-state index in [9.17, 15) is 14.4 Å². The summed E-state index contributed by atoms with van der Waals surface area (Å²) in [7, 11) is 3.92. The summed E-state index contributed by atoms with van der Waals surface area (Å²) in [5.74, 6) is -0.451. The van der Waals surface area contributed by atoms with Gasteiger partial charge in [-0.25, -0.2) is 0 Å².